The van der Waals surface area contributed by atoms with Crippen LogP contribution in [0.15, 0.2) is 18.2 Å². The van der Waals surface area contributed by atoms with Gasteiger partial charge in [0, 0.05) is 0 Å². The first-order valence-corrected chi connectivity index (χ1v) is 5.75. The molecule has 0 bridgehead atoms. The highest BCUT2D eigenvalue weighted by Gasteiger charge is 2.20. The van der Waals surface area contributed by atoms with Crippen molar-refractivity contribution in [3.05, 3.63) is 29.6 Å². The topological polar surface area (TPSA) is 78.9 Å². The minimum atomic E-state index is -0.647. The van der Waals surface area contributed by atoms with Gasteiger partial charge in [0.15, 0.2) is 0 Å². The summed E-state index contributed by atoms with van der Waals surface area (Å²) in [7, 11) is 0. The van der Waals surface area contributed by atoms with Crippen LogP contribution < -0.4 is 11.1 Å². The van der Waals surface area contributed by atoms with Gasteiger partial charge in [-0.1, -0.05) is 20.3 Å². The molecule has 0 aliphatic carbocycles. The monoisotopic (exact) mass is 249 g/mol. The van der Waals surface area contributed by atoms with Crippen LogP contribution in [-0.2, 0) is 4.79 Å². The fraction of sp³-hybridized carbons (Fsp3) is 0.385. The van der Waals surface area contributed by atoms with Gasteiger partial charge >= 0.3 is 0 Å². The van der Waals surface area contributed by atoms with Crippen molar-refractivity contribution in [2.45, 2.75) is 26.3 Å². The Labute approximate surface area is 106 Å². The Morgan fingerprint density at radius 3 is 2.83 bits per heavy atom. The number of nitriles is 1. The molecule has 1 rings (SSSR count). The summed E-state index contributed by atoms with van der Waals surface area (Å²) in [6.45, 7) is 3.82. The van der Waals surface area contributed by atoms with Crippen LogP contribution in [0.5, 0.6) is 0 Å². The summed E-state index contributed by atoms with van der Waals surface area (Å²) in [5.41, 5.74) is 6.13. The van der Waals surface area contributed by atoms with E-state index in [4.69, 9.17) is 11.0 Å². The Morgan fingerprint density at radius 2 is 2.28 bits per heavy atom. The van der Waals surface area contributed by atoms with Crippen LogP contribution in [0.4, 0.5) is 10.1 Å². The van der Waals surface area contributed by atoms with E-state index in [9.17, 15) is 9.18 Å². The molecule has 0 heterocycles. The van der Waals surface area contributed by atoms with E-state index in [1.54, 1.807) is 0 Å². The number of carbonyl (C=O) groups is 1. The lowest BCUT2D eigenvalue weighted by molar-refractivity contribution is -0.118. The Hall–Kier alpha value is -1.93. The van der Waals surface area contributed by atoms with Gasteiger partial charge in [-0.25, -0.2) is 4.39 Å². The molecular weight excluding hydrogens is 233 g/mol. The van der Waals surface area contributed by atoms with Gasteiger partial charge in [-0.2, -0.15) is 5.26 Å². The van der Waals surface area contributed by atoms with Crippen molar-refractivity contribution in [3.8, 4) is 6.07 Å². The van der Waals surface area contributed by atoms with E-state index in [1.807, 2.05) is 19.9 Å². The molecule has 0 aliphatic heterocycles. The normalized spacial score (nSPS) is 13.5. The van der Waals surface area contributed by atoms with Crippen molar-refractivity contribution in [3.63, 3.8) is 0 Å². The molecule has 2 atom stereocenters. The highest BCUT2D eigenvalue weighted by Crippen LogP contribution is 2.17. The number of rotatable bonds is 4. The molecular formula is C13H16FN3O. The maximum Gasteiger partial charge on any atom is 0.241 e. The van der Waals surface area contributed by atoms with Gasteiger partial charge in [-0.3, -0.25) is 4.79 Å². The molecule has 0 fully saturated rings. The van der Waals surface area contributed by atoms with E-state index >= 15 is 0 Å². The lowest BCUT2D eigenvalue weighted by atomic mass is 9.99. The number of benzene rings is 1. The second kappa shape index (κ2) is 6.12. The van der Waals surface area contributed by atoms with Gasteiger partial charge in [0.2, 0.25) is 5.91 Å². The Balaban J connectivity index is 2.86. The predicted octanol–water partition coefficient (Wildman–Crippen LogP) is 2.01. The highest BCUT2D eigenvalue weighted by molar-refractivity contribution is 5.95. The molecule has 4 nitrogen and oxygen atoms in total. The molecule has 0 saturated heterocycles. The van der Waals surface area contributed by atoms with Crippen molar-refractivity contribution in [1.82, 2.24) is 0 Å². The van der Waals surface area contributed by atoms with Crippen LogP contribution in [0.3, 0.4) is 0 Å². The van der Waals surface area contributed by atoms with Crippen LogP contribution >= 0.6 is 0 Å². The third-order valence-corrected chi connectivity index (χ3v) is 2.92. The molecule has 0 spiro atoms. The molecule has 0 aromatic heterocycles. The van der Waals surface area contributed by atoms with Gasteiger partial charge in [0.05, 0.1) is 17.3 Å². The number of hydrogen-bond acceptors (Lipinski definition) is 3. The van der Waals surface area contributed by atoms with Crippen LogP contribution in [-0.4, -0.2) is 11.9 Å². The lowest BCUT2D eigenvalue weighted by Gasteiger charge is -2.18. The molecule has 3 N–H and O–H groups in total. The number of nitrogens with two attached hydrogens (primary N) is 1. The number of nitrogens with one attached hydrogen (secondary N) is 1. The zero-order valence-corrected chi connectivity index (χ0v) is 10.4. The first-order chi connectivity index (χ1) is 8.49. The molecule has 18 heavy (non-hydrogen) atoms. The van der Waals surface area contributed by atoms with Crippen LogP contribution in [0.25, 0.3) is 0 Å². The highest BCUT2D eigenvalue weighted by atomic mass is 19.1. The number of carbonyl (C=O) groups excluding carboxylic acids is 1. The fourth-order valence-electron chi connectivity index (χ4n) is 1.45. The average molecular weight is 249 g/mol. The summed E-state index contributed by atoms with van der Waals surface area (Å²) < 4.78 is 12.9. The zero-order valence-electron chi connectivity index (χ0n) is 10.4. The fourth-order valence-corrected chi connectivity index (χ4v) is 1.45. The van der Waals surface area contributed by atoms with Crippen LogP contribution in [0.1, 0.15) is 25.8 Å². The van der Waals surface area contributed by atoms with Gasteiger partial charge in [0.25, 0.3) is 0 Å². The smallest absolute Gasteiger partial charge is 0.241 e. The summed E-state index contributed by atoms with van der Waals surface area (Å²) >= 11 is 0. The third-order valence-electron chi connectivity index (χ3n) is 2.92. The summed E-state index contributed by atoms with van der Waals surface area (Å²) in [4.78, 5) is 11.8. The third kappa shape index (κ3) is 3.28. The standard InChI is InChI=1S/C13H16FN3O/c1-3-8(2)12(16)13(18)17-11-5-4-10(14)6-9(11)7-15/h4-6,8,12H,3,16H2,1-2H3,(H,17,18)/t8?,12-/m0/s1. The van der Waals surface area contributed by atoms with E-state index < -0.39 is 11.9 Å². The second-order valence-corrected chi connectivity index (χ2v) is 4.20. The maximum absolute atomic E-state index is 12.9. The first-order valence-electron chi connectivity index (χ1n) is 5.75. The van der Waals surface area contributed by atoms with E-state index in [-0.39, 0.29) is 23.1 Å². The van der Waals surface area contributed by atoms with E-state index in [1.165, 1.54) is 12.1 Å². The van der Waals surface area contributed by atoms with E-state index in [2.05, 4.69) is 5.32 Å². The second-order valence-electron chi connectivity index (χ2n) is 4.20. The SMILES string of the molecule is CCC(C)[C@H](N)C(=O)Nc1ccc(F)cc1C#N. The van der Waals surface area contributed by atoms with Crippen molar-refractivity contribution in [1.29, 1.82) is 5.26 Å². The largest absolute Gasteiger partial charge is 0.324 e. The quantitative estimate of drug-likeness (QED) is 0.856. The Bertz CT molecular complexity index is 482. The van der Waals surface area contributed by atoms with Gasteiger partial charge in [0.1, 0.15) is 11.9 Å². The molecule has 1 aromatic rings. The van der Waals surface area contributed by atoms with Gasteiger partial charge < -0.3 is 11.1 Å². The summed E-state index contributed by atoms with van der Waals surface area (Å²) in [5.74, 6) is -0.848. The minimum absolute atomic E-state index is 0.0379. The van der Waals surface area contributed by atoms with Crippen LogP contribution in [0, 0.1) is 23.1 Å². The molecule has 0 aliphatic rings. The number of anilines is 1. The minimum Gasteiger partial charge on any atom is -0.324 e. The molecule has 96 valence electrons. The van der Waals surface area contributed by atoms with Gasteiger partial charge in [-0.05, 0) is 24.1 Å². The molecule has 1 unspecified atom stereocenters. The summed E-state index contributed by atoms with van der Waals surface area (Å²) in [6.07, 6.45) is 0.781. The van der Waals surface area contributed by atoms with Crippen molar-refractivity contribution >= 4 is 11.6 Å². The van der Waals surface area contributed by atoms with Gasteiger partial charge in [-0.15, -0.1) is 0 Å². The number of halogens is 1. The number of amides is 1. The number of nitrogens with zero attached hydrogens (tertiary/aromatic N) is 1. The molecule has 1 aromatic carbocycles. The number of hydrogen-bond donors (Lipinski definition) is 2. The zero-order chi connectivity index (χ0) is 13.7. The van der Waals surface area contributed by atoms with Crippen molar-refractivity contribution in [2.75, 3.05) is 5.32 Å². The molecule has 0 radical (unpaired) electrons. The van der Waals surface area contributed by atoms with E-state index in [0.717, 1.165) is 12.5 Å². The first kappa shape index (κ1) is 14.1. The predicted molar refractivity (Wildman–Crippen MR) is 67.2 cm³/mol. The molecule has 1 amide bonds. The Kier molecular flexibility index (Phi) is 4.81. The van der Waals surface area contributed by atoms with Crippen molar-refractivity contribution < 1.29 is 9.18 Å². The van der Waals surface area contributed by atoms with E-state index in [0.29, 0.717) is 0 Å². The Morgan fingerprint density at radius 1 is 1.61 bits per heavy atom. The summed E-state index contributed by atoms with van der Waals surface area (Å²) in [6, 6.07) is 4.80. The van der Waals surface area contributed by atoms with Crippen molar-refractivity contribution in [2.24, 2.45) is 11.7 Å². The average Bonchev–Trinajstić information content (AvgIpc) is 2.38. The maximum atomic E-state index is 12.9. The lowest BCUT2D eigenvalue weighted by Crippen LogP contribution is -2.40. The van der Waals surface area contributed by atoms with Crippen LogP contribution in [0.2, 0.25) is 0 Å². The molecule has 5 heteroatoms. The molecule has 0 saturated carbocycles. The summed E-state index contributed by atoms with van der Waals surface area (Å²) in [5, 5.41) is 11.4.